The summed E-state index contributed by atoms with van der Waals surface area (Å²) >= 11 is 0. The minimum Gasteiger partial charge on any atom is -0.497 e. The van der Waals surface area contributed by atoms with E-state index in [1.54, 1.807) is 19.4 Å². The number of aromatic nitrogens is 2. The quantitative estimate of drug-likeness (QED) is 0.697. The molecule has 1 N–H and O–H groups in total. The Morgan fingerprint density at radius 3 is 2.93 bits per heavy atom. The molecule has 0 bridgehead atoms. The zero-order valence-corrected chi connectivity index (χ0v) is 16.6. The maximum Gasteiger partial charge on any atom is 0.277 e. The van der Waals surface area contributed by atoms with E-state index < -0.39 is 0 Å². The molecule has 1 atom stereocenters. The maximum atomic E-state index is 13.1. The van der Waals surface area contributed by atoms with Gasteiger partial charge in [-0.05, 0) is 55.2 Å². The summed E-state index contributed by atoms with van der Waals surface area (Å²) < 4.78 is 5.26. The smallest absolute Gasteiger partial charge is 0.277 e. The van der Waals surface area contributed by atoms with Gasteiger partial charge in [0.1, 0.15) is 11.4 Å². The Morgan fingerprint density at radius 2 is 2.07 bits per heavy atom. The molecular formula is C23H24N4O2. The van der Waals surface area contributed by atoms with Gasteiger partial charge in [0.05, 0.1) is 7.11 Å². The third kappa shape index (κ3) is 4.06. The van der Waals surface area contributed by atoms with Crippen molar-refractivity contribution >= 4 is 17.5 Å². The number of hydrogen-bond donors (Lipinski definition) is 1. The molecule has 0 radical (unpaired) electrons. The van der Waals surface area contributed by atoms with Gasteiger partial charge in [0, 0.05) is 24.5 Å². The van der Waals surface area contributed by atoms with Gasteiger partial charge in [0.25, 0.3) is 5.91 Å². The van der Waals surface area contributed by atoms with Crippen molar-refractivity contribution in [3.05, 3.63) is 77.6 Å². The number of benzene rings is 2. The summed E-state index contributed by atoms with van der Waals surface area (Å²) in [4.78, 5) is 23.7. The highest BCUT2D eigenvalue weighted by atomic mass is 16.5. The molecule has 3 aromatic rings. The Hall–Kier alpha value is -3.41. The minimum atomic E-state index is -0.0966. The molecule has 1 amide bonds. The van der Waals surface area contributed by atoms with Gasteiger partial charge < -0.3 is 15.0 Å². The standard InChI is InChI=1S/C23H24N4O2/c1-16-14-18-7-3-4-9-21(18)27(16)22(28)20-11-13-25-23(26-20)24-12-10-17-6-5-8-19(15-17)29-2/h3-9,11,13,15-16H,10,12,14H2,1-2H3,(H,24,25,26). The summed E-state index contributed by atoms with van der Waals surface area (Å²) in [7, 11) is 1.66. The fourth-order valence-corrected chi connectivity index (χ4v) is 3.71. The summed E-state index contributed by atoms with van der Waals surface area (Å²) in [6.45, 7) is 2.72. The molecule has 29 heavy (non-hydrogen) atoms. The van der Waals surface area contributed by atoms with Crippen LogP contribution >= 0.6 is 0 Å². The first-order valence-corrected chi connectivity index (χ1v) is 9.77. The van der Waals surface area contributed by atoms with Crippen LogP contribution < -0.4 is 15.0 Å². The molecule has 1 aromatic heterocycles. The first-order valence-electron chi connectivity index (χ1n) is 9.77. The summed E-state index contributed by atoms with van der Waals surface area (Å²) in [6.07, 6.45) is 3.29. The molecule has 0 spiro atoms. The number of nitrogens with zero attached hydrogens (tertiary/aromatic N) is 3. The van der Waals surface area contributed by atoms with Gasteiger partial charge in [-0.25, -0.2) is 9.97 Å². The molecule has 148 valence electrons. The van der Waals surface area contributed by atoms with Crippen LogP contribution in [0.25, 0.3) is 0 Å². The average Bonchev–Trinajstić information content (AvgIpc) is 3.09. The van der Waals surface area contributed by atoms with Crippen LogP contribution in [0.15, 0.2) is 60.8 Å². The molecule has 1 unspecified atom stereocenters. The van der Waals surface area contributed by atoms with E-state index in [1.807, 2.05) is 41.3 Å². The number of para-hydroxylation sites is 1. The third-order valence-corrected chi connectivity index (χ3v) is 5.13. The first-order chi connectivity index (χ1) is 14.2. The second-order valence-corrected chi connectivity index (χ2v) is 7.15. The highest BCUT2D eigenvalue weighted by Crippen LogP contribution is 2.32. The first kappa shape index (κ1) is 18.9. The van der Waals surface area contributed by atoms with E-state index in [4.69, 9.17) is 4.74 Å². The Balaban J connectivity index is 1.44. The second-order valence-electron chi connectivity index (χ2n) is 7.15. The van der Waals surface area contributed by atoms with Crippen molar-refractivity contribution in [1.82, 2.24) is 9.97 Å². The van der Waals surface area contributed by atoms with Gasteiger partial charge in [0.15, 0.2) is 0 Å². The topological polar surface area (TPSA) is 67.3 Å². The van der Waals surface area contributed by atoms with Crippen LogP contribution in [-0.4, -0.2) is 35.6 Å². The number of rotatable bonds is 6. The van der Waals surface area contributed by atoms with Crippen LogP contribution in [0.5, 0.6) is 5.75 Å². The lowest BCUT2D eigenvalue weighted by Gasteiger charge is -2.22. The molecule has 2 aromatic carbocycles. The number of methoxy groups -OCH3 is 1. The SMILES string of the molecule is COc1cccc(CCNc2nccc(C(=O)N3c4ccccc4CC3C)n2)c1. The van der Waals surface area contributed by atoms with Crippen LogP contribution in [0, 0.1) is 0 Å². The van der Waals surface area contributed by atoms with E-state index in [1.165, 1.54) is 5.56 Å². The number of nitrogens with one attached hydrogen (secondary N) is 1. The maximum absolute atomic E-state index is 13.1. The van der Waals surface area contributed by atoms with Gasteiger partial charge >= 0.3 is 0 Å². The van der Waals surface area contributed by atoms with Crippen LogP contribution in [-0.2, 0) is 12.8 Å². The number of anilines is 2. The highest BCUT2D eigenvalue weighted by Gasteiger charge is 2.31. The predicted molar refractivity (Wildman–Crippen MR) is 114 cm³/mol. The van der Waals surface area contributed by atoms with E-state index in [2.05, 4.69) is 34.3 Å². The van der Waals surface area contributed by atoms with Crippen LogP contribution in [0.1, 0.15) is 28.5 Å². The van der Waals surface area contributed by atoms with E-state index in [0.717, 1.165) is 29.8 Å². The summed E-state index contributed by atoms with van der Waals surface area (Å²) in [5.41, 5.74) is 3.72. The van der Waals surface area contributed by atoms with Crippen molar-refractivity contribution in [2.45, 2.75) is 25.8 Å². The van der Waals surface area contributed by atoms with Crippen LogP contribution in [0.4, 0.5) is 11.6 Å². The molecule has 1 aliphatic heterocycles. The van der Waals surface area contributed by atoms with Gasteiger partial charge in [0.2, 0.25) is 5.95 Å². The number of carbonyl (C=O) groups is 1. The molecule has 0 saturated heterocycles. The highest BCUT2D eigenvalue weighted by molar-refractivity contribution is 6.06. The third-order valence-electron chi connectivity index (χ3n) is 5.13. The van der Waals surface area contributed by atoms with Crippen molar-refractivity contribution in [2.75, 3.05) is 23.9 Å². The number of fused-ring (bicyclic) bond motifs is 1. The van der Waals surface area contributed by atoms with E-state index in [9.17, 15) is 4.79 Å². The van der Waals surface area contributed by atoms with Crippen molar-refractivity contribution < 1.29 is 9.53 Å². The van der Waals surface area contributed by atoms with E-state index in [0.29, 0.717) is 18.2 Å². The van der Waals surface area contributed by atoms with Gasteiger partial charge in [-0.15, -0.1) is 0 Å². The van der Waals surface area contributed by atoms with E-state index in [-0.39, 0.29) is 11.9 Å². The van der Waals surface area contributed by atoms with Crippen LogP contribution in [0.2, 0.25) is 0 Å². The fraction of sp³-hybridized carbons (Fsp3) is 0.261. The van der Waals surface area contributed by atoms with Gasteiger partial charge in [-0.2, -0.15) is 0 Å². The summed E-state index contributed by atoms with van der Waals surface area (Å²) in [5, 5.41) is 3.21. The Morgan fingerprint density at radius 1 is 1.21 bits per heavy atom. The number of carbonyl (C=O) groups excluding carboxylic acids is 1. The number of amides is 1. The zero-order chi connectivity index (χ0) is 20.2. The van der Waals surface area contributed by atoms with Gasteiger partial charge in [-0.3, -0.25) is 4.79 Å². The Labute approximate surface area is 170 Å². The largest absolute Gasteiger partial charge is 0.497 e. The minimum absolute atomic E-state index is 0.0966. The Kier molecular flexibility index (Phi) is 5.42. The molecule has 0 aliphatic carbocycles. The molecule has 0 saturated carbocycles. The lowest BCUT2D eigenvalue weighted by atomic mass is 10.1. The zero-order valence-electron chi connectivity index (χ0n) is 16.6. The monoisotopic (exact) mass is 388 g/mol. The van der Waals surface area contributed by atoms with Crippen molar-refractivity contribution in [2.24, 2.45) is 0 Å². The average molecular weight is 388 g/mol. The molecule has 0 fully saturated rings. The molecular weight excluding hydrogens is 364 g/mol. The van der Waals surface area contributed by atoms with E-state index >= 15 is 0 Å². The molecule has 2 heterocycles. The summed E-state index contributed by atoms with van der Waals surface area (Å²) in [6, 6.07) is 17.8. The molecule has 6 heteroatoms. The lowest BCUT2D eigenvalue weighted by Crippen LogP contribution is -2.36. The molecule has 1 aliphatic rings. The predicted octanol–water partition coefficient (Wildman–Crippen LogP) is 3.73. The normalized spacial score (nSPS) is 15.1. The van der Waals surface area contributed by atoms with Crippen molar-refractivity contribution in [3.8, 4) is 5.75 Å². The van der Waals surface area contributed by atoms with Crippen LogP contribution in [0.3, 0.4) is 0 Å². The van der Waals surface area contributed by atoms with Gasteiger partial charge in [-0.1, -0.05) is 30.3 Å². The number of ether oxygens (including phenoxy) is 1. The molecule has 6 nitrogen and oxygen atoms in total. The lowest BCUT2D eigenvalue weighted by molar-refractivity contribution is 0.0976. The Bertz CT molecular complexity index is 1020. The fourth-order valence-electron chi connectivity index (χ4n) is 3.71. The second kappa shape index (κ2) is 8.31. The summed E-state index contributed by atoms with van der Waals surface area (Å²) in [5.74, 6) is 1.20. The number of hydrogen-bond acceptors (Lipinski definition) is 5. The molecule has 4 rings (SSSR count). The van der Waals surface area contributed by atoms with Crippen molar-refractivity contribution in [1.29, 1.82) is 0 Å². The van der Waals surface area contributed by atoms with Crippen molar-refractivity contribution in [3.63, 3.8) is 0 Å².